The van der Waals surface area contributed by atoms with E-state index in [-0.39, 0.29) is 11.8 Å². The van der Waals surface area contributed by atoms with Crippen LogP contribution in [-0.4, -0.2) is 16.1 Å². The highest BCUT2D eigenvalue weighted by molar-refractivity contribution is 5.69. The Kier molecular flexibility index (Phi) is 1.65. The third kappa shape index (κ3) is 1.43. The third-order valence-corrected chi connectivity index (χ3v) is 2.42. The fourth-order valence-electron chi connectivity index (χ4n) is 1.51. The molecule has 1 aromatic rings. The first kappa shape index (κ1) is 8.29. The number of hydrogen-bond acceptors (Lipinski definition) is 3. The topological polar surface area (TPSA) is 63.3 Å². The molecule has 0 aliphatic heterocycles. The third-order valence-electron chi connectivity index (χ3n) is 2.42. The van der Waals surface area contributed by atoms with Crippen LogP contribution >= 0.6 is 0 Å². The number of oxazole rings is 1. The van der Waals surface area contributed by atoms with Crippen molar-refractivity contribution in [2.45, 2.75) is 31.6 Å². The molecule has 1 heterocycles. The Morgan fingerprint density at radius 2 is 2.46 bits per heavy atom. The van der Waals surface area contributed by atoms with Crippen LogP contribution in [0.5, 0.6) is 0 Å². The second kappa shape index (κ2) is 2.58. The summed E-state index contributed by atoms with van der Waals surface area (Å²) in [5, 5.41) is 8.69. The van der Waals surface area contributed by atoms with E-state index in [0.29, 0.717) is 5.89 Å². The smallest absolute Gasteiger partial charge is 0.304 e. The summed E-state index contributed by atoms with van der Waals surface area (Å²) in [6, 6.07) is 0. The highest BCUT2D eigenvalue weighted by Crippen LogP contribution is 2.50. The van der Waals surface area contributed by atoms with Crippen molar-refractivity contribution in [2.24, 2.45) is 0 Å². The predicted octanol–water partition coefficient (Wildman–Crippen LogP) is 1.49. The van der Waals surface area contributed by atoms with Gasteiger partial charge in [0, 0.05) is 0 Å². The summed E-state index contributed by atoms with van der Waals surface area (Å²) in [6.07, 6.45) is 3.52. The van der Waals surface area contributed by atoms with Gasteiger partial charge in [-0.05, 0) is 19.8 Å². The summed E-state index contributed by atoms with van der Waals surface area (Å²) in [5.41, 5.74) is -0.292. The summed E-state index contributed by atoms with van der Waals surface area (Å²) >= 11 is 0. The van der Waals surface area contributed by atoms with E-state index in [4.69, 9.17) is 9.52 Å². The SMILES string of the molecule is Cc1cnc(C2(CC(=O)O)CC2)o1. The summed E-state index contributed by atoms with van der Waals surface area (Å²) < 4.78 is 5.34. The van der Waals surface area contributed by atoms with Gasteiger partial charge in [-0.2, -0.15) is 0 Å². The molecule has 13 heavy (non-hydrogen) atoms. The average Bonchev–Trinajstić information content (AvgIpc) is 2.65. The lowest BCUT2D eigenvalue weighted by Crippen LogP contribution is -2.13. The maximum Gasteiger partial charge on any atom is 0.304 e. The second-order valence-corrected chi connectivity index (χ2v) is 3.63. The zero-order valence-electron chi connectivity index (χ0n) is 7.41. The molecule has 0 atom stereocenters. The minimum Gasteiger partial charge on any atom is -0.481 e. The largest absolute Gasteiger partial charge is 0.481 e. The lowest BCUT2D eigenvalue weighted by molar-refractivity contribution is -0.137. The predicted molar refractivity (Wildman–Crippen MR) is 44.4 cm³/mol. The molecular weight excluding hydrogens is 170 g/mol. The van der Waals surface area contributed by atoms with Crippen molar-refractivity contribution >= 4 is 5.97 Å². The molecule has 1 fully saturated rings. The van der Waals surface area contributed by atoms with Crippen molar-refractivity contribution < 1.29 is 14.3 Å². The fourth-order valence-corrected chi connectivity index (χ4v) is 1.51. The van der Waals surface area contributed by atoms with Crippen LogP contribution in [0.15, 0.2) is 10.6 Å². The molecule has 0 spiro atoms. The van der Waals surface area contributed by atoms with Crippen LogP contribution in [0.4, 0.5) is 0 Å². The Morgan fingerprint density at radius 1 is 1.77 bits per heavy atom. The van der Waals surface area contributed by atoms with Gasteiger partial charge in [-0.15, -0.1) is 0 Å². The van der Waals surface area contributed by atoms with Gasteiger partial charge in [-0.25, -0.2) is 4.98 Å². The Hall–Kier alpha value is -1.32. The van der Waals surface area contributed by atoms with Crippen LogP contribution in [0.25, 0.3) is 0 Å². The summed E-state index contributed by atoms with van der Waals surface area (Å²) in [4.78, 5) is 14.6. The van der Waals surface area contributed by atoms with E-state index in [2.05, 4.69) is 4.98 Å². The second-order valence-electron chi connectivity index (χ2n) is 3.63. The lowest BCUT2D eigenvalue weighted by atomic mass is 10.0. The number of nitrogens with zero attached hydrogens (tertiary/aromatic N) is 1. The first-order valence-electron chi connectivity index (χ1n) is 4.27. The number of carboxylic acid groups (broad SMARTS) is 1. The maximum atomic E-state index is 10.6. The van der Waals surface area contributed by atoms with E-state index in [0.717, 1.165) is 18.6 Å². The normalized spacial score (nSPS) is 18.5. The minimum absolute atomic E-state index is 0.132. The summed E-state index contributed by atoms with van der Waals surface area (Å²) in [6.45, 7) is 1.81. The Labute approximate surface area is 75.6 Å². The Bertz CT molecular complexity index is 338. The first-order valence-corrected chi connectivity index (χ1v) is 4.27. The number of aromatic nitrogens is 1. The molecule has 4 nitrogen and oxygen atoms in total. The number of aliphatic carboxylic acids is 1. The molecule has 0 saturated heterocycles. The van der Waals surface area contributed by atoms with Crippen LogP contribution < -0.4 is 0 Å². The zero-order valence-corrected chi connectivity index (χ0v) is 7.41. The Morgan fingerprint density at radius 3 is 2.85 bits per heavy atom. The van der Waals surface area contributed by atoms with Gasteiger partial charge in [0.15, 0.2) is 0 Å². The van der Waals surface area contributed by atoms with E-state index in [9.17, 15) is 4.79 Å². The monoisotopic (exact) mass is 181 g/mol. The Balaban J connectivity index is 2.20. The van der Waals surface area contributed by atoms with Crippen LogP contribution in [-0.2, 0) is 10.2 Å². The highest BCUT2D eigenvalue weighted by Gasteiger charge is 2.50. The number of rotatable bonds is 3. The highest BCUT2D eigenvalue weighted by atomic mass is 16.4. The van der Waals surface area contributed by atoms with Crippen LogP contribution in [0.3, 0.4) is 0 Å². The van der Waals surface area contributed by atoms with Crippen molar-refractivity contribution in [3.63, 3.8) is 0 Å². The van der Waals surface area contributed by atoms with Gasteiger partial charge in [-0.3, -0.25) is 4.79 Å². The van der Waals surface area contributed by atoms with Gasteiger partial charge in [-0.1, -0.05) is 0 Å². The molecule has 1 aromatic heterocycles. The van der Waals surface area contributed by atoms with E-state index in [1.54, 1.807) is 6.20 Å². The van der Waals surface area contributed by atoms with Gasteiger partial charge >= 0.3 is 5.97 Å². The van der Waals surface area contributed by atoms with Crippen molar-refractivity contribution in [2.75, 3.05) is 0 Å². The fraction of sp³-hybridized carbons (Fsp3) is 0.556. The molecular formula is C9H11NO3. The van der Waals surface area contributed by atoms with E-state index < -0.39 is 5.97 Å². The molecule has 1 aliphatic rings. The number of aryl methyl sites for hydroxylation is 1. The van der Waals surface area contributed by atoms with Crippen LogP contribution in [0.2, 0.25) is 0 Å². The van der Waals surface area contributed by atoms with Gasteiger partial charge in [0.25, 0.3) is 0 Å². The average molecular weight is 181 g/mol. The molecule has 70 valence electrons. The van der Waals surface area contributed by atoms with Gasteiger partial charge in [0.2, 0.25) is 5.89 Å². The van der Waals surface area contributed by atoms with Crippen molar-refractivity contribution in [1.82, 2.24) is 4.98 Å². The molecule has 4 heteroatoms. The molecule has 1 N–H and O–H groups in total. The lowest BCUT2D eigenvalue weighted by Gasteiger charge is -2.05. The summed E-state index contributed by atoms with van der Waals surface area (Å²) in [5.74, 6) is 0.549. The molecule has 0 unspecified atom stereocenters. The van der Waals surface area contributed by atoms with E-state index in [1.165, 1.54) is 0 Å². The van der Waals surface area contributed by atoms with Crippen molar-refractivity contribution in [1.29, 1.82) is 0 Å². The molecule has 1 aliphatic carbocycles. The molecule has 1 saturated carbocycles. The van der Waals surface area contributed by atoms with Gasteiger partial charge in [0.1, 0.15) is 5.76 Å². The quantitative estimate of drug-likeness (QED) is 0.767. The molecule has 0 amide bonds. The van der Waals surface area contributed by atoms with E-state index in [1.807, 2.05) is 6.92 Å². The van der Waals surface area contributed by atoms with Gasteiger partial charge < -0.3 is 9.52 Å². The van der Waals surface area contributed by atoms with Crippen molar-refractivity contribution in [3.8, 4) is 0 Å². The number of carboxylic acids is 1. The van der Waals surface area contributed by atoms with E-state index >= 15 is 0 Å². The molecule has 0 aromatic carbocycles. The van der Waals surface area contributed by atoms with Crippen molar-refractivity contribution in [3.05, 3.63) is 17.8 Å². The first-order chi connectivity index (χ1) is 6.12. The molecule has 0 radical (unpaired) electrons. The minimum atomic E-state index is -0.784. The van der Waals surface area contributed by atoms with Crippen LogP contribution in [0, 0.1) is 6.92 Å². The standard InChI is InChI=1S/C9H11NO3/c1-6-5-10-8(13-6)9(2-3-9)4-7(11)12/h5H,2-4H2,1H3,(H,11,12). The maximum absolute atomic E-state index is 10.6. The van der Waals surface area contributed by atoms with Gasteiger partial charge in [0.05, 0.1) is 18.0 Å². The zero-order chi connectivity index (χ0) is 9.47. The number of carbonyl (C=O) groups is 1. The van der Waals surface area contributed by atoms with Crippen LogP contribution in [0.1, 0.15) is 30.9 Å². The molecule has 0 bridgehead atoms. The molecule has 2 rings (SSSR count). The number of hydrogen-bond donors (Lipinski definition) is 1. The summed E-state index contributed by atoms with van der Waals surface area (Å²) in [7, 11) is 0.